The molecule has 7 heteroatoms. The highest BCUT2D eigenvalue weighted by atomic mass is 35.5. The van der Waals surface area contributed by atoms with E-state index in [1.54, 1.807) is 6.07 Å². The Labute approximate surface area is 118 Å². The second-order valence-electron chi connectivity index (χ2n) is 4.05. The predicted molar refractivity (Wildman–Crippen MR) is 73.9 cm³/mol. The molecule has 0 aliphatic rings. The molecule has 0 atom stereocenters. The zero-order chi connectivity index (χ0) is 13.5. The van der Waals surface area contributed by atoms with E-state index in [1.165, 1.54) is 11.2 Å². The van der Waals surface area contributed by atoms with E-state index in [-0.39, 0.29) is 31.4 Å². The minimum Gasteiger partial charge on any atom is -0.467 e. The van der Waals surface area contributed by atoms with Crippen LogP contribution < -0.4 is 11.5 Å². The van der Waals surface area contributed by atoms with Crippen molar-refractivity contribution in [2.75, 3.05) is 13.1 Å². The number of primary amides is 1. The van der Waals surface area contributed by atoms with Gasteiger partial charge >= 0.3 is 0 Å². The fraction of sp³-hybridized carbons (Fsp3) is 0.500. The molecule has 0 spiro atoms. The lowest BCUT2D eigenvalue weighted by Crippen LogP contribution is -2.38. The molecule has 108 valence electrons. The van der Waals surface area contributed by atoms with Crippen LogP contribution in [-0.4, -0.2) is 29.8 Å². The number of nitrogens with zero attached hydrogens (tertiary/aromatic N) is 1. The Morgan fingerprint density at radius 1 is 1.42 bits per heavy atom. The summed E-state index contributed by atoms with van der Waals surface area (Å²) in [5.41, 5.74) is 10.9. The van der Waals surface area contributed by atoms with E-state index in [4.69, 9.17) is 15.9 Å². The van der Waals surface area contributed by atoms with Crippen molar-refractivity contribution in [1.82, 2.24) is 4.90 Å². The average molecular weight is 290 g/mol. The molecule has 0 aromatic carbocycles. The maximum Gasteiger partial charge on any atom is 0.257 e. The molecule has 1 aromatic rings. The molecule has 0 radical (unpaired) electrons. The van der Waals surface area contributed by atoms with Gasteiger partial charge in [0.2, 0.25) is 5.91 Å². The first-order valence-electron chi connectivity index (χ1n) is 5.93. The maximum atomic E-state index is 12.1. The molecule has 0 saturated carbocycles. The van der Waals surface area contributed by atoms with E-state index in [2.05, 4.69) is 0 Å². The van der Waals surface area contributed by atoms with E-state index in [1.807, 2.05) is 6.92 Å². The fourth-order valence-corrected chi connectivity index (χ4v) is 1.57. The van der Waals surface area contributed by atoms with Gasteiger partial charge in [0.15, 0.2) is 0 Å². The summed E-state index contributed by atoms with van der Waals surface area (Å²) in [6.07, 6.45) is 3.10. The molecule has 4 N–H and O–H groups in total. The van der Waals surface area contributed by atoms with Gasteiger partial charge in [0, 0.05) is 6.54 Å². The number of hydrogen-bond donors (Lipinski definition) is 2. The van der Waals surface area contributed by atoms with Gasteiger partial charge in [0.25, 0.3) is 5.91 Å². The SMILES string of the molecule is CCCCN(CC(N)=O)C(=O)c1coc(CN)c1.Cl. The van der Waals surface area contributed by atoms with Crippen molar-refractivity contribution in [1.29, 1.82) is 0 Å². The first-order valence-corrected chi connectivity index (χ1v) is 5.93. The molecular formula is C12H20ClN3O3. The summed E-state index contributed by atoms with van der Waals surface area (Å²) in [6.45, 7) is 2.67. The zero-order valence-corrected chi connectivity index (χ0v) is 11.7. The van der Waals surface area contributed by atoms with Crippen molar-refractivity contribution in [3.63, 3.8) is 0 Å². The smallest absolute Gasteiger partial charge is 0.257 e. The third-order valence-corrected chi connectivity index (χ3v) is 2.52. The van der Waals surface area contributed by atoms with Crippen LogP contribution in [0, 0.1) is 0 Å². The fourth-order valence-electron chi connectivity index (χ4n) is 1.57. The summed E-state index contributed by atoms with van der Waals surface area (Å²) in [6, 6.07) is 1.59. The van der Waals surface area contributed by atoms with Crippen LogP contribution in [0.4, 0.5) is 0 Å². The minimum atomic E-state index is -0.526. The normalized spacial score (nSPS) is 9.79. The molecule has 0 fully saturated rings. The summed E-state index contributed by atoms with van der Waals surface area (Å²) >= 11 is 0. The number of furan rings is 1. The maximum absolute atomic E-state index is 12.1. The zero-order valence-electron chi connectivity index (χ0n) is 10.9. The summed E-state index contributed by atoms with van der Waals surface area (Å²) in [4.78, 5) is 24.5. The van der Waals surface area contributed by atoms with E-state index >= 15 is 0 Å². The Balaban J connectivity index is 0.00000324. The van der Waals surface area contributed by atoms with Crippen molar-refractivity contribution in [3.8, 4) is 0 Å². The number of carbonyl (C=O) groups excluding carboxylic acids is 2. The summed E-state index contributed by atoms with van der Waals surface area (Å²) in [5, 5.41) is 0. The number of amides is 2. The molecule has 1 rings (SSSR count). The number of halogens is 1. The number of rotatable bonds is 7. The Hall–Kier alpha value is -1.53. The summed E-state index contributed by atoms with van der Waals surface area (Å²) < 4.78 is 5.11. The second kappa shape index (κ2) is 8.55. The molecular weight excluding hydrogens is 270 g/mol. The first kappa shape index (κ1) is 17.5. The Kier molecular flexibility index (Phi) is 7.86. The van der Waals surface area contributed by atoms with Gasteiger partial charge in [-0.2, -0.15) is 0 Å². The van der Waals surface area contributed by atoms with Gasteiger partial charge in [-0.25, -0.2) is 0 Å². The van der Waals surface area contributed by atoms with Crippen LogP contribution >= 0.6 is 12.4 Å². The largest absolute Gasteiger partial charge is 0.467 e. The van der Waals surface area contributed by atoms with Gasteiger partial charge < -0.3 is 20.8 Å². The van der Waals surface area contributed by atoms with Crippen LogP contribution in [0.1, 0.15) is 35.9 Å². The van der Waals surface area contributed by atoms with Crippen LogP contribution in [0.3, 0.4) is 0 Å². The van der Waals surface area contributed by atoms with Crippen molar-refractivity contribution in [3.05, 3.63) is 23.7 Å². The lowest BCUT2D eigenvalue weighted by atomic mass is 10.2. The van der Waals surface area contributed by atoms with Crippen LogP contribution in [0.2, 0.25) is 0 Å². The van der Waals surface area contributed by atoms with Gasteiger partial charge in [0.05, 0.1) is 18.7 Å². The van der Waals surface area contributed by atoms with Gasteiger partial charge in [-0.05, 0) is 12.5 Å². The lowest BCUT2D eigenvalue weighted by molar-refractivity contribution is -0.118. The number of hydrogen-bond acceptors (Lipinski definition) is 4. The molecule has 6 nitrogen and oxygen atoms in total. The highest BCUT2D eigenvalue weighted by molar-refractivity contribution is 5.96. The van der Waals surface area contributed by atoms with Gasteiger partial charge in [-0.3, -0.25) is 9.59 Å². The molecule has 1 heterocycles. The molecule has 0 aliphatic heterocycles. The Morgan fingerprint density at radius 3 is 2.58 bits per heavy atom. The monoisotopic (exact) mass is 289 g/mol. The number of unbranched alkanes of at least 4 members (excludes halogenated alkanes) is 1. The quantitative estimate of drug-likeness (QED) is 0.778. The molecule has 0 saturated heterocycles. The molecule has 0 unspecified atom stereocenters. The molecule has 0 bridgehead atoms. The standard InChI is InChI=1S/C12H19N3O3.ClH/c1-2-3-4-15(7-11(14)16)12(17)9-5-10(6-13)18-8-9;/h5,8H,2-4,6-7,13H2,1H3,(H2,14,16);1H. The predicted octanol–water partition coefficient (Wildman–Crippen LogP) is 0.888. The average Bonchev–Trinajstić information content (AvgIpc) is 2.81. The van der Waals surface area contributed by atoms with Crippen LogP contribution in [0.25, 0.3) is 0 Å². The Bertz CT molecular complexity index is 420. The van der Waals surface area contributed by atoms with Crippen molar-refractivity contribution in [2.24, 2.45) is 11.5 Å². The van der Waals surface area contributed by atoms with Crippen molar-refractivity contribution in [2.45, 2.75) is 26.3 Å². The highest BCUT2D eigenvalue weighted by Gasteiger charge is 2.19. The van der Waals surface area contributed by atoms with Gasteiger partial charge in [0.1, 0.15) is 12.0 Å². The van der Waals surface area contributed by atoms with Crippen molar-refractivity contribution < 1.29 is 14.0 Å². The van der Waals surface area contributed by atoms with E-state index in [0.29, 0.717) is 17.9 Å². The van der Waals surface area contributed by atoms with Crippen LogP contribution in [0.5, 0.6) is 0 Å². The number of nitrogens with two attached hydrogens (primary N) is 2. The molecule has 1 aromatic heterocycles. The van der Waals surface area contributed by atoms with E-state index in [0.717, 1.165) is 12.8 Å². The molecule has 19 heavy (non-hydrogen) atoms. The van der Waals surface area contributed by atoms with E-state index < -0.39 is 5.91 Å². The molecule has 0 aliphatic carbocycles. The third-order valence-electron chi connectivity index (χ3n) is 2.52. The Morgan fingerprint density at radius 2 is 2.11 bits per heavy atom. The summed E-state index contributed by atoms with van der Waals surface area (Å²) in [7, 11) is 0. The topological polar surface area (TPSA) is 103 Å². The lowest BCUT2D eigenvalue weighted by Gasteiger charge is -2.19. The highest BCUT2D eigenvalue weighted by Crippen LogP contribution is 2.11. The third kappa shape index (κ3) is 5.32. The minimum absolute atomic E-state index is 0. The van der Waals surface area contributed by atoms with Crippen LogP contribution in [-0.2, 0) is 11.3 Å². The first-order chi connectivity index (χ1) is 8.58. The van der Waals surface area contributed by atoms with Crippen molar-refractivity contribution >= 4 is 24.2 Å². The van der Waals surface area contributed by atoms with Crippen LogP contribution in [0.15, 0.2) is 16.7 Å². The molecule has 2 amide bonds. The summed E-state index contributed by atoms with van der Waals surface area (Å²) in [5.74, 6) is -0.249. The van der Waals surface area contributed by atoms with E-state index in [9.17, 15) is 9.59 Å². The van der Waals surface area contributed by atoms with Gasteiger partial charge in [-0.1, -0.05) is 13.3 Å². The number of carbonyl (C=O) groups is 2. The second-order valence-corrected chi connectivity index (χ2v) is 4.05. The van der Waals surface area contributed by atoms with Gasteiger partial charge in [-0.15, -0.1) is 12.4 Å².